The number of rotatable bonds is 4. The van der Waals surface area contributed by atoms with Crippen LogP contribution >= 0.6 is 11.6 Å². The summed E-state index contributed by atoms with van der Waals surface area (Å²) in [6, 6.07) is 7.03. The van der Waals surface area contributed by atoms with Crippen molar-refractivity contribution in [3.63, 3.8) is 0 Å². The number of piperazine rings is 1. The van der Waals surface area contributed by atoms with E-state index in [0.29, 0.717) is 36.8 Å². The molecule has 2 saturated heterocycles. The number of hydrogen-bond acceptors (Lipinski definition) is 4. The van der Waals surface area contributed by atoms with E-state index < -0.39 is 10.0 Å². The van der Waals surface area contributed by atoms with Crippen LogP contribution in [0.1, 0.15) is 30.1 Å². The lowest BCUT2D eigenvalue weighted by atomic mass is 9.92. The van der Waals surface area contributed by atoms with Crippen LogP contribution in [0, 0.1) is 0 Å². The van der Waals surface area contributed by atoms with E-state index in [1.165, 1.54) is 6.26 Å². The first-order valence-electron chi connectivity index (χ1n) is 9.00. The van der Waals surface area contributed by atoms with E-state index in [9.17, 15) is 13.2 Å². The zero-order valence-electron chi connectivity index (χ0n) is 15.3. The predicted octanol–water partition coefficient (Wildman–Crippen LogP) is 1.91. The van der Waals surface area contributed by atoms with Gasteiger partial charge in [-0.1, -0.05) is 24.6 Å². The number of nitrogens with zero attached hydrogens (tertiary/aromatic N) is 3. The molecule has 0 aliphatic carbocycles. The van der Waals surface area contributed by atoms with Gasteiger partial charge in [-0.15, -0.1) is 0 Å². The molecule has 8 heteroatoms. The molecule has 2 heterocycles. The molecule has 0 bridgehead atoms. The number of halogens is 1. The monoisotopic (exact) mass is 399 g/mol. The summed E-state index contributed by atoms with van der Waals surface area (Å²) in [5.74, 6) is 0.00174. The van der Waals surface area contributed by atoms with Crippen LogP contribution in [0.2, 0.25) is 5.02 Å². The first-order valence-corrected chi connectivity index (χ1v) is 11.2. The molecule has 1 aromatic rings. The summed E-state index contributed by atoms with van der Waals surface area (Å²) >= 11 is 5.99. The van der Waals surface area contributed by atoms with E-state index >= 15 is 0 Å². The molecule has 6 nitrogen and oxygen atoms in total. The van der Waals surface area contributed by atoms with Crippen molar-refractivity contribution >= 4 is 27.5 Å². The number of carbonyl (C=O) groups excluding carboxylic acids is 1. The van der Waals surface area contributed by atoms with E-state index in [2.05, 4.69) is 11.8 Å². The second kappa shape index (κ2) is 7.46. The third-order valence-corrected chi connectivity index (χ3v) is 7.22. The van der Waals surface area contributed by atoms with Crippen molar-refractivity contribution in [2.45, 2.75) is 25.3 Å². The van der Waals surface area contributed by atoms with Gasteiger partial charge in [0.2, 0.25) is 10.0 Å². The Hall–Kier alpha value is -1.15. The Kier molecular flexibility index (Phi) is 5.63. The molecular weight excluding hydrogens is 374 g/mol. The van der Waals surface area contributed by atoms with E-state index in [1.807, 2.05) is 4.90 Å². The minimum absolute atomic E-state index is 0.00174. The molecule has 1 unspecified atom stereocenters. The molecule has 0 radical (unpaired) electrons. The Bertz CT molecular complexity index is 778. The summed E-state index contributed by atoms with van der Waals surface area (Å²) in [5, 5.41) is 0.561. The summed E-state index contributed by atoms with van der Waals surface area (Å²) in [4.78, 5) is 16.9. The Morgan fingerprint density at radius 2 is 1.88 bits per heavy atom. The summed E-state index contributed by atoms with van der Waals surface area (Å²) in [6.45, 7) is 6.06. The van der Waals surface area contributed by atoms with E-state index in [4.69, 9.17) is 11.6 Å². The van der Waals surface area contributed by atoms with Gasteiger partial charge in [0.1, 0.15) is 0 Å². The van der Waals surface area contributed by atoms with Crippen LogP contribution in [0.3, 0.4) is 0 Å². The number of carbonyl (C=O) groups is 1. The van der Waals surface area contributed by atoms with Gasteiger partial charge in [-0.2, -0.15) is 0 Å². The van der Waals surface area contributed by atoms with Crippen molar-refractivity contribution in [1.82, 2.24) is 14.1 Å². The predicted molar refractivity (Wildman–Crippen MR) is 103 cm³/mol. The van der Waals surface area contributed by atoms with Crippen molar-refractivity contribution in [2.24, 2.45) is 0 Å². The molecule has 1 aromatic carbocycles. The van der Waals surface area contributed by atoms with E-state index in [1.54, 1.807) is 28.6 Å². The maximum Gasteiger partial charge on any atom is 0.253 e. The quantitative estimate of drug-likeness (QED) is 0.776. The average Bonchev–Trinajstić information content (AvgIpc) is 3.07. The maximum atomic E-state index is 12.7. The topological polar surface area (TPSA) is 60.9 Å². The summed E-state index contributed by atoms with van der Waals surface area (Å²) in [6.07, 6.45) is 3.03. The van der Waals surface area contributed by atoms with E-state index in [-0.39, 0.29) is 11.4 Å². The zero-order valence-corrected chi connectivity index (χ0v) is 16.9. The van der Waals surface area contributed by atoms with Gasteiger partial charge in [0.05, 0.1) is 6.26 Å². The van der Waals surface area contributed by atoms with Crippen LogP contribution in [0.25, 0.3) is 0 Å². The number of benzene rings is 1. The van der Waals surface area contributed by atoms with Crippen molar-refractivity contribution in [3.8, 4) is 0 Å². The zero-order chi connectivity index (χ0) is 18.9. The van der Waals surface area contributed by atoms with Crippen LogP contribution in [0.15, 0.2) is 24.3 Å². The van der Waals surface area contributed by atoms with Crippen molar-refractivity contribution in [2.75, 3.05) is 45.5 Å². The van der Waals surface area contributed by atoms with Gasteiger partial charge in [-0.3, -0.25) is 9.69 Å². The summed E-state index contributed by atoms with van der Waals surface area (Å²) in [7, 11) is -3.16. The third kappa shape index (κ3) is 3.91. The summed E-state index contributed by atoms with van der Waals surface area (Å²) in [5.41, 5.74) is 0.495. The number of sulfonamides is 1. The average molecular weight is 400 g/mol. The largest absolute Gasteiger partial charge is 0.336 e. The third-order valence-electron chi connectivity index (χ3n) is 5.73. The fourth-order valence-corrected chi connectivity index (χ4v) is 5.15. The van der Waals surface area contributed by atoms with Crippen LogP contribution in [0.4, 0.5) is 0 Å². The highest BCUT2D eigenvalue weighted by atomic mass is 35.5. The van der Waals surface area contributed by atoms with Crippen LogP contribution < -0.4 is 0 Å². The Balaban J connectivity index is 1.65. The standard InChI is InChI=1S/C18H26ClN3O3S/c1-3-18(7-8-22(14-18)26(2,24)25)21-11-9-20(10-12-21)17(23)15-5-4-6-16(19)13-15/h4-6,13H,3,7-12,14H2,1-2H3. The van der Waals surface area contributed by atoms with Gasteiger partial charge in [-0.05, 0) is 31.0 Å². The minimum Gasteiger partial charge on any atom is -0.336 e. The molecule has 2 aliphatic heterocycles. The Morgan fingerprint density at radius 1 is 1.19 bits per heavy atom. The summed E-state index contributed by atoms with van der Waals surface area (Å²) < 4.78 is 25.4. The molecule has 2 aliphatic rings. The fourth-order valence-electron chi connectivity index (χ4n) is 4.06. The van der Waals surface area contributed by atoms with Gasteiger partial charge < -0.3 is 4.90 Å². The molecule has 2 fully saturated rings. The highest BCUT2D eigenvalue weighted by Crippen LogP contribution is 2.33. The number of amides is 1. The number of hydrogen-bond donors (Lipinski definition) is 0. The molecule has 26 heavy (non-hydrogen) atoms. The minimum atomic E-state index is -3.16. The molecule has 0 saturated carbocycles. The van der Waals surface area contributed by atoms with Crippen LogP contribution in [0.5, 0.6) is 0 Å². The lowest BCUT2D eigenvalue weighted by Crippen LogP contribution is -2.59. The Morgan fingerprint density at radius 3 is 2.42 bits per heavy atom. The maximum absolute atomic E-state index is 12.7. The van der Waals surface area contributed by atoms with Crippen LogP contribution in [-0.2, 0) is 10.0 Å². The molecular formula is C18H26ClN3O3S. The normalized spacial score (nSPS) is 25.6. The molecule has 0 aromatic heterocycles. The van der Waals surface area contributed by atoms with Gasteiger partial charge >= 0.3 is 0 Å². The lowest BCUT2D eigenvalue weighted by molar-refractivity contribution is 0.0313. The van der Waals surface area contributed by atoms with Gasteiger partial charge in [0.15, 0.2) is 0 Å². The highest BCUT2D eigenvalue weighted by Gasteiger charge is 2.45. The molecule has 0 N–H and O–H groups in total. The van der Waals surface area contributed by atoms with Crippen molar-refractivity contribution in [3.05, 3.63) is 34.9 Å². The van der Waals surface area contributed by atoms with Gasteiger partial charge in [0.25, 0.3) is 5.91 Å². The van der Waals surface area contributed by atoms with Gasteiger partial charge in [-0.25, -0.2) is 12.7 Å². The first-order chi connectivity index (χ1) is 12.2. The Labute approximate surface area is 160 Å². The smallest absolute Gasteiger partial charge is 0.253 e. The lowest BCUT2D eigenvalue weighted by Gasteiger charge is -2.45. The van der Waals surface area contributed by atoms with Crippen molar-refractivity contribution < 1.29 is 13.2 Å². The molecule has 144 valence electrons. The molecule has 3 rings (SSSR count). The molecule has 0 spiro atoms. The first kappa shape index (κ1) is 19.6. The SMILES string of the molecule is CCC1(N2CCN(C(=O)c3cccc(Cl)c3)CC2)CCN(S(C)(=O)=O)C1. The fraction of sp³-hybridized carbons (Fsp3) is 0.611. The van der Waals surface area contributed by atoms with Crippen LogP contribution in [-0.4, -0.2) is 79.5 Å². The second-order valence-electron chi connectivity index (χ2n) is 7.21. The van der Waals surface area contributed by atoms with E-state index in [0.717, 1.165) is 25.9 Å². The second-order valence-corrected chi connectivity index (χ2v) is 9.63. The highest BCUT2D eigenvalue weighted by molar-refractivity contribution is 7.88. The van der Waals surface area contributed by atoms with Crippen molar-refractivity contribution in [1.29, 1.82) is 0 Å². The molecule has 1 amide bonds. The molecule has 1 atom stereocenters. The van der Waals surface area contributed by atoms with Gasteiger partial charge in [0, 0.05) is 55.4 Å².